The van der Waals surface area contributed by atoms with E-state index in [1.54, 1.807) is 11.8 Å². The van der Waals surface area contributed by atoms with Crippen LogP contribution in [0.1, 0.15) is 30.5 Å². The maximum absolute atomic E-state index is 12.3. The molecule has 0 heterocycles. The highest BCUT2D eigenvalue weighted by atomic mass is 32.2. The van der Waals surface area contributed by atoms with Crippen molar-refractivity contribution in [3.8, 4) is 0 Å². The molecular weight excluding hydrogens is 312 g/mol. The summed E-state index contributed by atoms with van der Waals surface area (Å²) in [6.07, 6.45) is 1.95. The molecule has 0 bridgehead atoms. The Hall–Kier alpha value is -1.56. The third-order valence-electron chi connectivity index (χ3n) is 3.85. The number of carbonyl (C=O) groups excluding carboxylic acids is 1. The van der Waals surface area contributed by atoms with Gasteiger partial charge in [0, 0.05) is 25.4 Å². The first-order valence-electron chi connectivity index (χ1n) is 7.92. The van der Waals surface area contributed by atoms with Gasteiger partial charge in [-0.1, -0.05) is 23.8 Å². The molecular formula is C17H28N2O3S. The molecule has 0 radical (unpaired) electrons. The highest BCUT2D eigenvalue weighted by Crippen LogP contribution is 2.11. The number of aryl methyl sites for hydroxylation is 2. The molecule has 0 aliphatic carbocycles. The summed E-state index contributed by atoms with van der Waals surface area (Å²) < 4.78 is 22.8. The van der Waals surface area contributed by atoms with Gasteiger partial charge < -0.3 is 10.2 Å². The second kappa shape index (κ2) is 8.34. The van der Waals surface area contributed by atoms with E-state index in [2.05, 4.69) is 37.4 Å². The van der Waals surface area contributed by atoms with Gasteiger partial charge in [0.2, 0.25) is 0 Å². The van der Waals surface area contributed by atoms with E-state index in [9.17, 15) is 13.2 Å². The molecule has 0 spiro atoms. The van der Waals surface area contributed by atoms with Gasteiger partial charge in [-0.3, -0.25) is 0 Å². The number of benzene rings is 1. The Morgan fingerprint density at radius 1 is 1.30 bits per heavy atom. The second-order valence-corrected chi connectivity index (χ2v) is 8.32. The topological polar surface area (TPSA) is 66.5 Å². The molecule has 6 heteroatoms. The number of amides is 2. The summed E-state index contributed by atoms with van der Waals surface area (Å²) >= 11 is 0. The fourth-order valence-electron chi connectivity index (χ4n) is 2.72. The number of nitrogens with one attached hydrogen (secondary N) is 1. The molecule has 1 aromatic rings. The van der Waals surface area contributed by atoms with Crippen molar-refractivity contribution in [3.63, 3.8) is 0 Å². The van der Waals surface area contributed by atoms with Gasteiger partial charge in [0.25, 0.3) is 0 Å². The normalized spacial score (nSPS) is 12.7. The van der Waals surface area contributed by atoms with Crippen molar-refractivity contribution in [2.45, 2.75) is 40.2 Å². The zero-order chi connectivity index (χ0) is 17.6. The molecule has 0 fully saturated rings. The fourth-order valence-corrected chi connectivity index (χ4v) is 3.77. The minimum absolute atomic E-state index is 0.0225. The molecule has 0 aromatic heterocycles. The van der Waals surface area contributed by atoms with Crippen LogP contribution in [-0.4, -0.2) is 50.5 Å². The van der Waals surface area contributed by atoms with Gasteiger partial charge in [-0.25, -0.2) is 13.2 Å². The van der Waals surface area contributed by atoms with Crippen molar-refractivity contribution >= 4 is 15.9 Å². The number of hydrogen-bond acceptors (Lipinski definition) is 3. The van der Waals surface area contributed by atoms with Crippen LogP contribution in [0.25, 0.3) is 0 Å². The Morgan fingerprint density at radius 2 is 1.96 bits per heavy atom. The highest BCUT2D eigenvalue weighted by molar-refractivity contribution is 7.90. The number of sulfone groups is 1. The van der Waals surface area contributed by atoms with Crippen LogP contribution in [-0.2, 0) is 16.3 Å². The molecule has 1 aromatic carbocycles. The van der Waals surface area contributed by atoms with E-state index in [4.69, 9.17) is 0 Å². The SMILES string of the molecule is CCN(C(=O)NCCc1ccc(C)cc1C)[C@H](C)CS(C)(=O)=O. The summed E-state index contributed by atoms with van der Waals surface area (Å²) in [5, 5.41) is 2.88. The maximum atomic E-state index is 12.3. The Bertz CT molecular complexity index is 641. The van der Waals surface area contributed by atoms with E-state index in [1.165, 1.54) is 22.9 Å². The lowest BCUT2D eigenvalue weighted by molar-refractivity contribution is 0.187. The first-order valence-corrected chi connectivity index (χ1v) is 9.98. The third-order valence-corrected chi connectivity index (χ3v) is 4.93. The highest BCUT2D eigenvalue weighted by Gasteiger charge is 2.21. The van der Waals surface area contributed by atoms with Crippen LogP contribution in [0.2, 0.25) is 0 Å². The first-order chi connectivity index (χ1) is 10.6. The number of urea groups is 1. The molecule has 1 rings (SSSR count). The van der Waals surface area contributed by atoms with Gasteiger partial charge in [-0.2, -0.15) is 0 Å². The van der Waals surface area contributed by atoms with E-state index in [-0.39, 0.29) is 17.8 Å². The number of carbonyl (C=O) groups is 1. The molecule has 23 heavy (non-hydrogen) atoms. The summed E-state index contributed by atoms with van der Waals surface area (Å²) in [6, 6.07) is 5.73. The van der Waals surface area contributed by atoms with E-state index in [0.29, 0.717) is 13.1 Å². The van der Waals surface area contributed by atoms with Crippen molar-refractivity contribution in [1.29, 1.82) is 0 Å². The van der Waals surface area contributed by atoms with Crippen LogP contribution in [0.15, 0.2) is 18.2 Å². The fraction of sp³-hybridized carbons (Fsp3) is 0.588. The van der Waals surface area contributed by atoms with Crippen LogP contribution in [0, 0.1) is 13.8 Å². The zero-order valence-corrected chi connectivity index (χ0v) is 15.5. The summed E-state index contributed by atoms with van der Waals surface area (Å²) in [4.78, 5) is 13.8. The zero-order valence-electron chi connectivity index (χ0n) is 14.7. The summed E-state index contributed by atoms with van der Waals surface area (Å²) in [5.74, 6) is -0.0225. The van der Waals surface area contributed by atoms with Crippen molar-refractivity contribution < 1.29 is 13.2 Å². The molecule has 0 saturated heterocycles. The van der Waals surface area contributed by atoms with E-state index in [0.717, 1.165) is 6.42 Å². The van der Waals surface area contributed by atoms with Crippen molar-refractivity contribution in [1.82, 2.24) is 10.2 Å². The lowest BCUT2D eigenvalue weighted by Crippen LogP contribution is -2.47. The van der Waals surface area contributed by atoms with E-state index < -0.39 is 9.84 Å². The van der Waals surface area contributed by atoms with Crippen LogP contribution in [0.3, 0.4) is 0 Å². The molecule has 0 aliphatic rings. The average molecular weight is 340 g/mol. The lowest BCUT2D eigenvalue weighted by Gasteiger charge is -2.27. The van der Waals surface area contributed by atoms with Gasteiger partial charge in [0.05, 0.1) is 5.75 Å². The lowest BCUT2D eigenvalue weighted by atomic mass is 10.0. The number of rotatable bonds is 7. The molecule has 2 amide bonds. The monoisotopic (exact) mass is 340 g/mol. The van der Waals surface area contributed by atoms with Crippen LogP contribution in [0.4, 0.5) is 4.79 Å². The number of hydrogen-bond donors (Lipinski definition) is 1. The summed E-state index contributed by atoms with van der Waals surface area (Å²) in [7, 11) is -3.11. The van der Waals surface area contributed by atoms with Crippen molar-refractivity contribution in [2.75, 3.05) is 25.1 Å². The van der Waals surface area contributed by atoms with Gasteiger partial charge in [0.1, 0.15) is 9.84 Å². The minimum Gasteiger partial charge on any atom is -0.338 e. The predicted octanol–water partition coefficient (Wildman–Crippen LogP) is 2.31. The summed E-state index contributed by atoms with van der Waals surface area (Å²) in [5.41, 5.74) is 3.65. The number of nitrogens with zero attached hydrogens (tertiary/aromatic N) is 1. The van der Waals surface area contributed by atoms with Crippen molar-refractivity contribution in [3.05, 3.63) is 34.9 Å². The average Bonchev–Trinajstić information content (AvgIpc) is 2.40. The standard InChI is InChI=1S/C17H28N2O3S/c1-6-19(15(4)12-23(5,21)22)17(20)18-10-9-16-8-7-13(2)11-14(16)3/h7-8,11,15H,6,9-10,12H2,1-5H3,(H,18,20)/t15-/m1/s1. The Labute approximate surface area is 140 Å². The predicted molar refractivity (Wildman–Crippen MR) is 94.6 cm³/mol. The van der Waals surface area contributed by atoms with E-state index >= 15 is 0 Å². The molecule has 1 atom stereocenters. The first kappa shape index (κ1) is 19.5. The quantitative estimate of drug-likeness (QED) is 0.828. The second-order valence-electron chi connectivity index (χ2n) is 6.14. The molecule has 130 valence electrons. The Balaban J connectivity index is 2.56. The minimum atomic E-state index is -3.11. The van der Waals surface area contributed by atoms with Crippen molar-refractivity contribution in [2.24, 2.45) is 0 Å². The van der Waals surface area contributed by atoms with Crippen LogP contribution < -0.4 is 5.32 Å². The third kappa shape index (κ3) is 6.60. The van der Waals surface area contributed by atoms with Gasteiger partial charge >= 0.3 is 6.03 Å². The Kier molecular flexibility index (Phi) is 7.06. The largest absolute Gasteiger partial charge is 0.338 e. The van der Waals surface area contributed by atoms with Gasteiger partial charge in [0.15, 0.2) is 0 Å². The molecule has 0 unspecified atom stereocenters. The molecule has 1 N–H and O–H groups in total. The summed E-state index contributed by atoms with van der Waals surface area (Å²) in [6.45, 7) is 8.74. The van der Waals surface area contributed by atoms with E-state index in [1.807, 2.05) is 6.92 Å². The van der Waals surface area contributed by atoms with Gasteiger partial charge in [-0.15, -0.1) is 0 Å². The molecule has 5 nitrogen and oxygen atoms in total. The smallest absolute Gasteiger partial charge is 0.317 e. The Morgan fingerprint density at radius 3 is 2.48 bits per heavy atom. The van der Waals surface area contributed by atoms with Crippen LogP contribution >= 0.6 is 0 Å². The van der Waals surface area contributed by atoms with Crippen LogP contribution in [0.5, 0.6) is 0 Å². The maximum Gasteiger partial charge on any atom is 0.317 e. The molecule has 0 aliphatic heterocycles. The van der Waals surface area contributed by atoms with Gasteiger partial charge in [-0.05, 0) is 45.2 Å². The molecule has 0 saturated carbocycles.